The lowest BCUT2D eigenvalue weighted by atomic mass is 10.3. The van der Waals surface area contributed by atoms with Crippen molar-refractivity contribution in [3.8, 4) is 0 Å². The minimum atomic E-state index is 0.553. The highest BCUT2D eigenvalue weighted by molar-refractivity contribution is 5.40. The molecule has 1 aromatic rings. The fourth-order valence-corrected chi connectivity index (χ4v) is 2.14. The van der Waals surface area contributed by atoms with Gasteiger partial charge in [-0.05, 0) is 32.9 Å². The van der Waals surface area contributed by atoms with E-state index in [1.165, 1.54) is 25.9 Å². The van der Waals surface area contributed by atoms with Crippen molar-refractivity contribution in [2.24, 2.45) is 0 Å². The van der Waals surface area contributed by atoms with Gasteiger partial charge in [0.1, 0.15) is 11.6 Å². The first-order valence-electron chi connectivity index (χ1n) is 6.27. The Morgan fingerprint density at radius 2 is 2.00 bits per heavy atom. The van der Waals surface area contributed by atoms with Gasteiger partial charge in [0.25, 0.3) is 0 Å². The third-order valence-corrected chi connectivity index (χ3v) is 3.23. The maximum atomic E-state index is 4.39. The highest BCUT2D eigenvalue weighted by atomic mass is 15.2. The molecule has 5 heteroatoms. The number of hydrogen-bond donors (Lipinski definition) is 2. The average molecular weight is 235 g/mol. The van der Waals surface area contributed by atoms with Crippen molar-refractivity contribution in [2.75, 3.05) is 37.3 Å². The molecule has 0 bridgehead atoms. The van der Waals surface area contributed by atoms with E-state index in [2.05, 4.69) is 32.4 Å². The van der Waals surface area contributed by atoms with Crippen LogP contribution < -0.4 is 10.6 Å². The topological polar surface area (TPSA) is 53.1 Å². The standard InChI is InChI=1S/C12H21N5/c1-10(17-5-3-4-6-17)7-15-12-9-14-8-11(13-2)16-12/h8-10H,3-7H2,1-2H3,(H2,13,15,16). The molecule has 2 N–H and O–H groups in total. The van der Waals surface area contributed by atoms with Crippen LogP contribution in [0.4, 0.5) is 11.6 Å². The Kier molecular flexibility index (Phi) is 4.14. The zero-order valence-electron chi connectivity index (χ0n) is 10.6. The van der Waals surface area contributed by atoms with Crippen LogP contribution in [0.5, 0.6) is 0 Å². The van der Waals surface area contributed by atoms with E-state index in [1.807, 2.05) is 7.05 Å². The summed E-state index contributed by atoms with van der Waals surface area (Å²) in [5.74, 6) is 1.63. The summed E-state index contributed by atoms with van der Waals surface area (Å²) < 4.78 is 0. The van der Waals surface area contributed by atoms with E-state index < -0.39 is 0 Å². The van der Waals surface area contributed by atoms with Crippen molar-refractivity contribution in [3.05, 3.63) is 12.4 Å². The number of aromatic nitrogens is 2. The molecule has 2 rings (SSSR count). The van der Waals surface area contributed by atoms with Crippen LogP contribution in [0.2, 0.25) is 0 Å². The van der Waals surface area contributed by atoms with E-state index in [1.54, 1.807) is 12.4 Å². The van der Waals surface area contributed by atoms with Gasteiger partial charge in [-0.15, -0.1) is 0 Å². The molecule has 0 aromatic carbocycles. The lowest BCUT2D eigenvalue weighted by molar-refractivity contribution is 0.269. The SMILES string of the molecule is CNc1cncc(NCC(C)N2CCCC2)n1. The van der Waals surface area contributed by atoms with Gasteiger partial charge in [-0.3, -0.25) is 9.88 Å². The summed E-state index contributed by atoms with van der Waals surface area (Å²) in [5, 5.41) is 6.33. The average Bonchev–Trinajstić information content (AvgIpc) is 2.90. The predicted molar refractivity (Wildman–Crippen MR) is 70.3 cm³/mol. The molecule has 1 fully saturated rings. The van der Waals surface area contributed by atoms with Gasteiger partial charge in [-0.1, -0.05) is 0 Å². The van der Waals surface area contributed by atoms with E-state index in [0.29, 0.717) is 6.04 Å². The molecule has 1 aliphatic rings. The minimum absolute atomic E-state index is 0.553. The van der Waals surface area contributed by atoms with Gasteiger partial charge in [-0.2, -0.15) is 0 Å². The van der Waals surface area contributed by atoms with Crippen LogP contribution in [0.1, 0.15) is 19.8 Å². The Bertz CT molecular complexity index is 349. The Morgan fingerprint density at radius 1 is 1.29 bits per heavy atom. The van der Waals surface area contributed by atoms with Crippen molar-refractivity contribution >= 4 is 11.6 Å². The van der Waals surface area contributed by atoms with Crippen molar-refractivity contribution in [2.45, 2.75) is 25.8 Å². The second kappa shape index (κ2) is 5.82. The van der Waals surface area contributed by atoms with Crippen molar-refractivity contribution in [1.82, 2.24) is 14.9 Å². The Morgan fingerprint density at radius 3 is 2.71 bits per heavy atom. The molecule has 0 saturated carbocycles. The largest absolute Gasteiger partial charge is 0.372 e. The van der Waals surface area contributed by atoms with Crippen LogP contribution in [0.15, 0.2) is 12.4 Å². The lowest BCUT2D eigenvalue weighted by Gasteiger charge is -2.24. The summed E-state index contributed by atoms with van der Waals surface area (Å²) in [6, 6.07) is 0.553. The number of nitrogens with zero attached hydrogens (tertiary/aromatic N) is 3. The Hall–Kier alpha value is -1.36. The first kappa shape index (κ1) is 12.1. The zero-order valence-corrected chi connectivity index (χ0v) is 10.6. The number of rotatable bonds is 5. The molecule has 1 aromatic heterocycles. The van der Waals surface area contributed by atoms with E-state index in [4.69, 9.17) is 0 Å². The number of hydrogen-bond acceptors (Lipinski definition) is 5. The normalized spacial score (nSPS) is 18.0. The second-order valence-electron chi connectivity index (χ2n) is 4.51. The number of anilines is 2. The third-order valence-electron chi connectivity index (χ3n) is 3.23. The van der Waals surface area contributed by atoms with E-state index >= 15 is 0 Å². The lowest BCUT2D eigenvalue weighted by Crippen LogP contribution is -2.35. The molecule has 0 spiro atoms. The second-order valence-corrected chi connectivity index (χ2v) is 4.51. The molecular weight excluding hydrogens is 214 g/mol. The smallest absolute Gasteiger partial charge is 0.147 e. The zero-order chi connectivity index (χ0) is 12.1. The number of nitrogens with one attached hydrogen (secondary N) is 2. The molecule has 0 aliphatic carbocycles. The van der Waals surface area contributed by atoms with Crippen LogP contribution >= 0.6 is 0 Å². The molecule has 1 aliphatic heterocycles. The van der Waals surface area contributed by atoms with Crippen LogP contribution in [0.25, 0.3) is 0 Å². The van der Waals surface area contributed by atoms with Gasteiger partial charge >= 0.3 is 0 Å². The Balaban J connectivity index is 1.83. The van der Waals surface area contributed by atoms with Crippen LogP contribution in [-0.2, 0) is 0 Å². The molecule has 0 radical (unpaired) electrons. The minimum Gasteiger partial charge on any atom is -0.372 e. The van der Waals surface area contributed by atoms with E-state index in [9.17, 15) is 0 Å². The summed E-state index contributed by atoms with van der Waals surface area (Å²) in [6.45, 7) is 5.63. The van der Waals surface area contributed by atoms with Crippen LogP contribution in [-0.4, -0.2) is 47.6 Å². The van der Waals surface area contributed by atoms with Gasteiger partial charge in [0.2, 0.25) is 0 Å². The van der Waals surface area contributed by atoms with Gasteiger partial charge < -0.3 is 10.6 Å². The molecular formula is C12H21N5. The van der Waals surface area contributed by atoms with Crippen LogP contribution in [0, 0.1) is 0 Å². The van der Waals surface area contributed by atoms with E-state index in [-0.39, 0.29) is 0 Å². The van der Waals surface area contributed by atoms with Gasteiger partial charge in [0.15, 0.2) is 0 Å². The van der Waals surface area contributed by atoms with Crippen molar-refractivity contribution in [3.63, 3.8) is 0 Å². The summed E-state index contributed by atoms with van der Waals surface area (Å²) in [4.78, 5) is 11.0. The van der Waals surface area contributed by atoms with Crippen molar-refractivity contribution < 1.29 is 0 Å². The quantitative estimate of drug-likeness (QED) is 0.808. The summed E-state index contributed by atoms with van der Waals surface area (Å²) in [7, 11) is 1.85. The molecule has 17 heavy (non-hydrogen) atoms. The maximum absolute atomic E-state index is 4.39. The monoisotopic (exact) mass is 235 g/mol. The van der Waals surface area contributed by atoms with Gasteiger partial charge in [0.05, 0.1) is 12.4 Å². The van der Waals surface area contributed by atoms with Gasteiger partial charge in [0, 0.05) is 19.6 Å². The highest BCUT2D eigenvalue weighted by Gasteiger charge is 2.17. The number of likely N-dealkylation sites (tertiary alicyclic amines) is 1. The van der Waals surface area contributed by atoms with E-state index in [0.717, 1.165) is 18.2 Å². The molecule has 1 saturated heterocycles. The third kappa shape index (κ3) is 3.30. The Labute approximate surface area is 103 Å². The molecule has 5 nitrogen and oxygen atoms in total. The van der Waals surface area contributed by atoms with Crippen molar-refractivity contribution in [1.29, 1.82) is 0 Å². The summed E-state index contributed by atoms with van der Waals surface area (Å²) in [6.07, 6.45) is 6.14. The molecule has 1 atom stereocenters. The molecule has 2 heterocycles. The summed E-state index contributed by atoms with van der Waals surface area (Å²) >= 11 is 0. The first-order valence-corrected chi connectivity index (χ1v) is 6.27. The molecule has 94 valence electrons. The van der Waals surface area contributed by atoms with Gasteiger partial charge in [-0.25, -0.2) is 4.98 Å². The van der Waals surface area contributed by atoms with Crippen LogP contribution in [0.3, 0.4) is 0 Å². The first-order chi connectivity index (χ1) is 8.29. The molecule has 1 unspecified atom stereocenters. The fourth-order valence-electron chi connectivity index (χ4n) is 2.14. The highest BCUT2D eigenvalue weighted by Crippen LogP contribution is 2.12. The predicted octanol–water partition coefficient (Wildman–Crippen LogP) is 1.41. The maximum Gasteiger partial charge on any atom is 0.147 e. The molecule has 0 amide bonds. The summed E-state index contributed by atoms with van der Waals surface area (Å²) in [5.41, 5.74) is 0. The fraction of sp³-hybridized carbons (Fsp3) is 0.667.